The van der Waals surface area contributed by atoms with E-state index in [4.69, 9.17) is 0 Å². The average molecular weight is 379 g/mol. The van der Waals surface area contributed by atoms with Gasteiger partial charge < -0.3 is 4.90 Å². The van der Waals surface area contributed by atoms with Gasteiger partial charge in [-0.25, -0.2) is 0 Å². The van der Waals surface area contributed by atoms with Gasteiger partial charge in [0.05, 0.1) is 17.8 Å². The van der Waals surface area contributed by atoms with E-state index in [9.17, 15) is 4.79 Å². The topological polar surface area (TPSA) is 41.4 Å². The number of aryl methyl sites for hydroxylation is 2. The number of carbonyl (C=O) groups is 1. The molecule has 2 aliphatic rings. The minimum Gasteiger partial charge on any atom is -0.338 e. The number of aromatic nitrogens is 2. The number of benzene rings is 1. The number of allylic oxidation sites excluding steroid dienone is 1. The van der Waals surface area contributed by atoms with E-state index in [0.29, 0.717) is 24.4 Å². The highest BCUT2D eigenvalue weighted by Gasteiger charge is 2.48. The van der Waals surface area contributed by atoms with Crippen LogP contribution in [0.1, 0.15) is 38.9 Å². The quantitative estimate of drug-likeness (QED) is 0.766. The van der Waals surface area contributed by atoms with Gasteiger partial charge in [0.25, 0.3) is 5.91 Å². The smallest absolute Gasteiger partial charge is 0.257 e. The highest BCUT2D eigenvalue weighted by molar-refractivity contribution is 5.96. The first-order valence-electron chi connectivity index (χ1n) is 10.1. The minimum atomic E-state index is 0.130. The fourth-order valence-electron chi connectivity index (χ4n) is 5.27. The molecule has 5 nitrogen and oxygen atoms in total. The molecule has 5 heteroatoms. The summed E-state index contributed by atoms with van der Waals surface area (Å²) in [6.07, 6.45) is 1.82. The molecule has 1 aromatic heterocycles. The lowest BCUT2D eigenvalue weighted by Gasteiger charge is -2.28. The zero-order chi connectivity index (χ0) is 20.0. The van der Waals surface area contributed by atoms with Crippen molar-refractivity contribution in [3.05, 3.63) is 65.0 Å². The molecule has 0 unspecified atom stereocenters. The van der Waals surface area contributed by atoms with Crippen LogP contribution < -0.4 is 0 Å². The second-order valence-corrected chi connectivity index (χ2v) is 8.39. The number of likely N-dealkylation sites (tertiary alicyclic amines) is 2. The van der Waals surface area contributed by atoms with Gasteiger partial charge in [0.1, 0.15) is 0 Å². The van der Waals surface area contributed by atoms with Crippen LogP contribution in [0, 0.1) is 32.6 Å². The lowest BCUT2D eigenvalue weighted by Crippen LogP contribution is -2.34. The van der Waals surface area contributed by atoms with Crippen molar-refractivity contribution in [3.8, 4) is 0 Å². The van der Waals surface area contributed by atoms with E-state index in [0.717, 1.165) is 36.6 Å². The second-order valence-electron chi connectivity index (χ2n) is 8.39. The predicted octanol–water partition coefficient (Wildman–Crippen LogP) is 3.37. The summed E-state index contributed by atoms with van der Waals surface area (Å²) < 4.78 is 1.87. The minimum absolute atomic E-state index is 0.130. The van der Waals surface area contributed by atoms with Crippen LogP contribution in [-0.4, -0.2) is 52.2 Å². The molecule has 3 heterocycles. The Bertz CT molecular complexity index is 915. The van der Waals surface area contributed by atoms with Crippen molar-refractivity contribution in [2.24, 2.45) is 11.8 Å². The van der Waals surface area contributed by atoms with Crippen molar-refractivity contribution >= 4 is 5.91 Å². The highest BCUT2D eigenvalue weighted by atomic mass is 16.2. The molecule has 2 aromatic rings. The molecule has 0 radical (unpaired) electrons. The van der Waals surface area contributed by atoms with Gasteiger partial charge in [-0.2, -0.15) is 5.10 Å². The first kappa shape index (κ1) is 18.9. The third-order valence-electron chi connectivity index (χ3n) is 6.59. The molecule has 2 aliphatic heterocycles. The molecule has 0 bridgehead atoms. The van der Waals surface area contributed by atoms with Gasteiger partial charge in [-0.05, 0) is 44.9 Å². The Morgan fingerprint density at radius 3 is 2.68 bits per heavy atom. The molecule has 4 rings (SSSR count). The second kappa shape index (κ2) is 7.21. The summed E-state index contributed by atoms with van der Waals surface area (Å²) in [5, 5.41) is 4.54. The molecule has 0 N–H and O–H groups in total. The number of nitrogens with zero attached hydrogens (tertiary/aromatic N) is 4. The molecule has 0 saturated carbocycles. The molecule has 28 heavy (non-hydrogen) atoms. The van der Waals surface area contributed by atoms with Crippen LogP contribution in [0.3, 0.4) is 0 Å². The van der Waals surface area contributed by atoms with Crippen LogP contribution in [0.4, 0.5) is 0 Å². The Kier molecular flexibility index (Phi) is 4.88. The number of amides is 1. The molecular formula is C23H30N4O. The van der Waals surface area contributed by atoms with Crippen LogP contribution in [0.2, 0.25) is 0 Å². The standard InChI is InChI=1S/C23H30N4O/c1-6-11-27-17(4)21(16(3)24-27)23(28)26-13-18-12-25(5)22(20(18)14-26)19-10-8-7-9-15(19)2/h6-10,18,20,22H,1,11-14H2,2-5H3/t18-,20+,22+/m0/s1. The van der Waals surface area contributed by atoms with Crippen molar-refractivity contribution in [3.63, 3.8) is 0 Å². The van der Waals surface area contributed by atoms with E-state index >= 15 is 0 Å². The lowest BCUT2D eigenvalue weighted by molar-refractivity contribution is 0.0766. The summed E-state index contributed by atoms with van der Waals surface area (Å²) in [7, 11) is 2.22. The highest BCUT2D eigenvalue weighted by Crippen LogP contribution is 2.45. The van der Waals surface area contributed by atoms with E-state index in [1.165, 1.54) is 11.1 Å². The predicted molar refractivity (Wildman–Crippen MR) is 111 cm³/mol. The fraction of sp³-hybridized carbons (Fsp3) is 0.478. The summed E-state index contributed by atoms with van der Waals surface area (Å²) in [6, 6.07) is 9.05. The van der Waals surface area contributed by atoms with Crippen molar-refractivity contribution in [1.82, 2.24) is 19.6 Å². The van der Waals surface area contributed by atoms with E-state index in [2.05, 4.69) is 59.7 Å². The van der Waals surface area contributed by atoms with Gasteiger partial charge in [-0.15, -0.1) is 6.58 Å². The molecule has 3 atom stereocenters. The van der Waals surface area contributed by atoms with Crippen LogP contribution in [0.15, 0.2) is 36.9 Å². The largest absolute Gasteiger partial charge is 0.338 e. The number of fused-ring (bicyclic) bond motifs is 1. The number of hydrogen-bond acceptors (Lipinski definition) is 3. The van der Waals surface area contributed by atoms with Gasteiger partial charge in [-0.1, -0.05) is 30.3 Å². The Hall–Kier alpha value is -2.40. The maximum atomic E-state index is 13.4. The first-order valence-corrected chi connectivity index (χ1v) is 10.1. The van der Waals surface area contributed by atoms with Gasteiger partial charge in [0, 0.05) is 37.3 Å². The Balaban J connectivity index is 1.58. The van der Waals surface area contributed by atoms with Crippen molar-refractivity contribution in [2.45, 2.75) is 33.4 Å². The molecular weight excluding hydrogens is 348 g/mol. The summed E-state index contributed by atoms with van der Waals surface area (Å²) in [4.78, 5) is 17.9. The summed E-state index contributed by atoms with van der Waals surface area (Å²) >= 11 is 0. The monoisotopic (exact) mass is 378 g/mol. The summed E-state index contributed by atoms with van der Waals surface area (Å²) in [5.74, 6) is 1.15. The van der Waals surface area contributed by atoms with Gasteiger partial charge >= 0.3 is 0 Å². The number of carbonyl (C=O) groups excluding carboxylic acids is 1. The Morgan fingerprint density at radius 1 is 1.21 bits per heavy atom. The normalized spacial score (nSPS) is 24.6. The third kappa shape index (κ3) is 2.98. The van der Waals surface area contributed by atoms with Crippen molar-refractivity contribution in [2.75, 3.05) is 26.7 Å². The van der Waals surface area contributed by atoms with Crippen LogP contribution in [-0.2, 0) is 6.54 Å². The molecule has 2 saturated heterocycles. The molecule has 1 aromatic carbocycles. The SMILES string of the molecule is C=CCn1nc(C)c(C(=O)N2C[C@@H]3CN(C)[C@H](c4ccccc4C)[C@@H]3C2)c1C. The maximum Gasteiger partial charge on any atom is 0.257 e. The average Bonchev–Trinajstić information content (AvgIpc) is 3.27. The third-order valence-corrected chi connectivity index (χ3v) is 6.59. The van der Waals surface area contributed by atoms with Gasteiger partial charge in [0.15, 0.2) is 0 Å². The zero-order valence-electron chi connectivity index (χ0n) is 17.4. The Labute approximate surface area is 167 Å². The summed E-state index contributed by atoms with van der Waals surface area (Å²) in [6.45, 7) is 13.2. The van der Waals surface area contributed by atoms with E-state index in [1.807, 2.05) is 24.6 Å². The molecule has 2 fully saturated rings. The van der Waals surface area contributed by atoms with Crippen molar-refractivity contribution in [1.29, 1.82) is 0 Å². The number of hydrogen-bond donors (Lipinski definition) is 0. The molecule has 148 valence electrons. The van der Waals surface area contributed by atoms with Crippen LogP contribution in [0.25, 0.3) is 0 Å². The molecule has 0 spiro atoms. The van der Waals surface area contributed by atoms with Crippen LogP contribution >= 0.6 is 0 Å². The van der Waals surface area contributed by atoms with E-state index in [1.54, 1.807) is 0 Å². The number of rotatable bonds is 4. The zero-order valence-corrected chi connectivity index (χ0v) is 17.4. The lowest BCUT2D eigenvalue weighted by atomic mass is 9.88. The fourth-order valence-corrected chi connectivity index (χ4v) is 5.27. The Morgan fingerprint density at radius 2 is 1.96 bits per heavy atom. The van der Waals surface area contributed by atoms with Gasteiger partial charge in [0.2, 0.25) is 0 Å². The summed E-state index contributed by atoms with van der Waals surface area (Å²) in [5.41, 5.74) is 5.25. The van der Waals surface area contributed by atoms with Crippen LogP contribution in [0.5, 0.6) is 0 Å². The first-order chi connectivity index (χ1) is 13.4. The van der Waals surface area contributed by atoms with E-state index < -0.39 is 0 Å². The maximum absolute atomic E-state index is 13.4. The van der Waals surface area contributed by atoms with Gasteiger partial charge in [-0.3, -0.25) is 14.4 Å². The molecule has 1 amide bonds. The molecule has 0 aliphatic carbocycles. The van der Waals surface area contributed by atoms with E-state index in [-0.39, 0.29) is 5.91 Å². The van der Waals surface area contributed by atoms with Crippen molar-refractivity contribution < 1.29 is 4.79 Å².